The van der Waals surface area contributed by atoms with Gasteiger partial charge in [0.15, 0.2) is 0 Å². The fourth-order valence-electron chi connectivity index (χ4n) is 2.10. The van der Waals surface area contributed by atoms with Crippen LogP contribution in [0.2, 0.25) is 0 Å². The van der Waals surface area contributed by atoms with Crippen LogP contribution >= 0.6 is 0 Å². The minimum Gasteiger partial charge on any atom is -0.237 e. The van der Waals surface area contributed by atoms with Gasteiger partial charge in [-0.25, -0.2) is 5.11 Å². The Balaban J connectivity index is 2.87. The summed E-state index contributed by atoms with van der Waals surface area (Å²) in [5.74, 6) is 2.69. The summed E-state index contributed by atoms with van der Waals surface area (Å²) in [5, 5.41) is 10.2. The molecular formula is C16H29O. The van der Waals surface area contributed by atoms with E-state index in [4.69, 9.17) is 6.42 Å². The summed E-state index contributed by atoms with van der Waals surface area (Å²) in [4.78, 5) is 0. The summed E-state index contributed by atoms with van der Waals surface area (Å²) in [7, 11) is 0. The van der Waals surface area contributed by atoms with Gasteiger partial charge in [0.25, 0.3) is 0 Å². The van der Waals surface area contributed by atoms with Crippen molar-refractivity contribution in [3.05, 3.63) is 0 Å². The molecule has 1 radical (unpaired) electrons. The average Bonchev–Trinajstić information content (AvgIpc) is 2.35. The molecule has 17 heavy (non-hydrogen) atoms. The highest BCUT2D eigenvalue weighted by atomic mass is 16.2. The Hall–Kier alpha value is -0.480. The standard InChI is InChI=1S/C16H29O/c1-2-3-4-5-6-7-8-9-10-11-12-13-14-15-16-17/h1H,3-16H2. The highest BCUT2D eigenvalue weighted by Gasteiger charge is 1.93. The van der Waals surface area contributed by atoms with Gasteiger partial charge in [-0.05, 0) is 12.8 Å². The Morgan fingerprint density at radius 2 is 0.941 bits per heavy atom. The van der Waals surface area contributed by atoms with Gasteiger partial charge < -0.3 is 0 Å². The zero-order chi connectivity index (χ0) is 12.6. The number of unbranched alkanes of at least 4 members (excludes halogenated alkanes) is 12. The van der Waals surface area contributed by atoms with Gasteiger partial charge >= 0.3 is 0 Å². The number of rotatable bonds is 13. The van der Waals surface area contributed by atoms with Crippen molar-refractivity contribution in [2.24, 2.45) is 0 Å². The third-order valence-electron chi connectivity index (χ3n) is 3.22. The molecule has 0 aliphatic heterocycles. The fourth-order valence-corrected chi connectivity index (χ4v) is 2.10. The molecule has 0 aliphatic rings. The quantitative estimate of drug-likeness (QED) is 0.313. The lowest BCUT2D eigenvalue weighted by Crippen LogP contribution is -1.84. The van der Waals surface area contributed by atoms with Crippen LogP contribution in [0.15, 0.2) is 0 Å². The molecule has 0 heterocycles. The maximum Gasteiger partial charge on any atom is 0.0822 e. The van der Waals surface area contributed by atoms with Gasteiger partial charge in [0.2, 0.25) is 0 Å². The molecule has 0 N–H and O–H groups in total. The summed E-state index contributed by atoms with van der Waals surface area (Å²) < 4.78 is 0. The van der Waals surface area contributed by atoms with Crippen molar-refractivity contribution in [3.8, 4) is 12.3 Å². The second-order valence-corrected chi connectivity index (χ2v) is 4.90. The van der Waals surface area contributed by atoms with Crippen LogP contribution in [0.1, 0.15) is 83.5 Å². The molecule has 0 fully saturated rings. The summed E-state index contributed by atoms with van der Waals surface area (Å²) >= 11 is 0. The summed E-state index contributed by atoms with van der Waals surface area (Å²) in [6.45, 7) is 0.111. The van der Waals surface area contributed by atoms with Crippen LogP contribution in [0.25, 0.3) is 0 Å². The molecule has 0 saturated carbocycles. The number of hydrogen-bond donors (Lipinski definition) is 0. The topological polar surface area (TPSA) is 19.9 Å². The molecular weight excluding hydrogens is 208 g/mol. The Kier molecular flexibility index (Phi) is 15.1. The third-order valence-corrected chi connectivity index (χ3v) is 3.22. The maximum atomic E-state index is 10.2. The normalized spacial score (nSPS) is 10.4. The SMILES string of the molecule is C#CCCCCCCCCCCCCCC[O]. The van der Waals surface area contributed by atoms with E-state index in [-0.39, 0.29) is 6.61 Å². The molecule has 1 heteroatoms. The van der Waals surface area contributed by atoms with Gasteiger partial charge in [0.05, 0.1) is 6.61 Å². The molecule has 0 atom stereocenters. The summed E-state index contributed by atoms with van der Waals surface area (Å²) in [5.41, 5.74) is 0. The molecule has 0 aromatic rings. The first kappa shape index (κ1) is 16.5. The van der Waals surface area contributed by atoms with Crippen molar-refractivity contribution < 1.29 is 5.11 Å². The maximum absolute atomic E-state index is 10.2. The highest BCUT2D eigenvalue weighted by Crippen LogP contribution is 2.12. The van der Waals surface area contributed by atoms with Crippen LogP contribution in [0.3, 0.4) is 0 Å². The largest absolute Gasteiger partial charge is 0.237 e. The fraction of sp³-hybridized carbons (Fsp3) is 0.875. The Bertz CT molecular complexity index is 169. The molecule has 1 nitrogen and oxygen atoms in total. The third kappa shape index (κ3) is 15.5. The van der Waals surface area contributed by atoms with Crippen LogP contribution in [-0.2, 0) is 5.11 Å². The van der Waals surface area contributed by atoms with Crippen LogP contribution in [0, 0.1) is 12.3 Å². The van der Waals surface area contributed by atoms with Crippen molar-refractivity contribution in [3.63, 3.8) is 0 Å². The van der Waals surface area contributed by atoms with E-state index in [1.165, 1.54) is 64.2 Å². The first-order chi connectivity index (χ1) is 8.41. The van der Waals surface area contributed by atoms with Crippen molar-refractivity contribution in [2.45, 2.75) is 83.5 Å². The molecule has 0 aliphatic carbocycles. The van der Waals surface area contributed by atoms with Crippen LogP contribution in [0.4, 0.5) is 0 Å². The van der Waals surface area contributed by atoms with Gasteiger partial charge in [0.1, 0.15) is 0 Å². The van der Waals surface area contributed by atoms with Crippen molar-refractivity contribution in [1.29, 1.82) is 0 Å². The first-order valence-corrected chi connectivity index (χ1v) is 7.43. The van der Waals surface area contributed by atoms with E-state index < -0.39 is 0 Å². The predicted molar refractivity (Wildman–Crippen MR) is 74.4 cm³/mol. The van der Waals surface area contributed by atoms with E-state index in [2.05, 4.69) is 5.92 Å². The zero-order valence-electron chi connectivity index (χ0n) is 11.4. The number of hydrogen-bond acceptors (Lipinski definition) is 0. The molecule has 0 spiro atoms. The average molecular weight is 237 g/mol. The predicted octanol–water partition coefficient (Wildman–Crippen LogP) is 5.12. The molecule has 0 bridgehead atoms. The van der Waals surface area contributed by atoms with Gasteiger partial charge in [-0.2, -0.15) is 0 Å². The lowest BCUT2D eigenvalue weighted by atomic mass is 10.0. The Morgan fingerprint density at radius 3 is 1.29 bits per heavy atom. The van der Waals surface area contributed by atoms with E-state index in [9.17, 15) is 5.11 Å². The molecule has 0 unspecified atom stereocenters. The molecule has 0 aromatic heterocycles. The summed E-state index contributed by atoms with van der Waals surface area (Å²) in [6, 6.07) is 0. The van der Waals surface area contributed by atoms with Crippen LogP contribution in [0.5, 0.6) is 0 Å². The first-order valence-electron chi connectivity index (χ1n) is 7.43. The van der Waals surface area contributed by atoms with Gasteiger partial charge in [0, 0.05) is 6.42 Å². The molecule has 99 valence electrons. The summed E-state index contributed by atoms with van der Waals surface area (Å²) in [6.07, 6.45) is 21.5. The smallest absolute Gasteiger partial charge is 0.0822 e. The monoisotopic (exact) mass is 237 g/mol. The number of terminal acetylenes is 1. The minimum atomic E-state index is 0.111. The van der Waals surface area contributed by atoms with Gasteiger partial charge in [-0.15, -0.1) is 12.3 Å². The van der Waals surface area contributed by atoms with E-state index in [1.54, 1.807) is 0 Å². The van der Waals surface area contributed by atoms with E-state index >= 15 is 0 Å². The lowest BCUT2D eigenvalue weighted by Gasteiger charge is -2.02. The van der Waals surface area contributed by atoms with Gasteiger partial charge in [-0.1, -0.05) is 64.2 Å². The van der Waals surface area contributed by atoms with Crippen molar-refractivity contribution in [2.75, 3.05) is 6.61 Å². The van der Waals surface area contributed by atoms with Crippen molar-refractivity contribution in [1.82, 2.24) is 0 Å². The van der Waals surface area contributed by atoms with Crippen LogP contribution < -0.4 is 0 Å². The van der Waals surface area contributed by atoms with Gasteiger partial charge in [-0.3, -0.25) is 0 Å². The minimum absolute atomic E-state index is 0.111. The lowest BCUT2D eigenvalue weighted by molar-refractivity contribution is 0.186. The Morgan fingerprint density at radius 1 is 0.588 bits per heavy atom. The second-order valence-electron chi connectivity index (χ2n) is 4.90. The van der Waals surface area contributed by atoms with Crippen molar-refractivity contribution >= 4 is 0 Å². The van der Waals surface area contributed by atoms with E-state index in [1.807, 2.05) is 0 Å². The zero-order valence-corrected chi connectivity index (χ0v) is 11.4. The molecule has 0 aromatic carbocycles. The Labute approximate surface area is 108 Å². The highest BCUT2D eigenvalue weighted by molar-refractivity contribution is 4.82. The molecule has 0 saturated heterocycles. The van der Waals surface area contributed by atoms with E-state index in [0.29, 0.717) is 0 Å². The van der Waals surface area contributed by atoms with Crippen LogP contribution in [-0.4, -0.2) is 6.61 Å². The second kappa shape index (κ2) is 15.5. The molecule has 0 rings (SSSR count). The van der Waals surface area contributed by atoms with E-state index in [0.717, 1.165) is 19.3 Å². The molecule has 0 amide bonds.